The minimum absolute atomic E-state index is 0.0662. The molecule has 0 saturated heterocycles. The van der Waals surface area contributed by atoms with E-state index < -0.39 is 0 Å². The van der Waals surface area contributed by atoms with Crippen molar-refractivity contribution in [1.82, 2.24) is 0 Å². The molecule has 0 aromatic heterocycles. The van der Waals surface area contributed by atoms with Gasteiger partial charge in [0, 0.05) is 4.90 Å². The quantitative estimate of drug-likeness (QED) is 0.815. The van der Waals surface area contributed by atoms with Gasteiger partial charge in [0.15, 0.2) is 0 Å². The van der Waals surface area contributed by atoms with Gasteiger partial charge in [-0.1, -0.05) is 24.4 Å². The van der Waals surface area contributed by atoms with E-state index in [2.05, 4.69) is 0 Å². The number of thioether (sulfide) groups is 1. The van der Waals surface area contributed by atoms with Crippen molar-refractivity contribution in [2.24, 2.45) is 5.73 Å². The second-order valence-corrected chi connectivity index (χ2v) is 5.53. The van der Waals surface area contributed by atoms with E-state index in [4.69, 9.17) is 18.0 Å². The molecule has 1 aromatic rings. The summed E-state index contributed by atoms with van der Waals surface area (Å²) in [4.78, 5) is 15.1. The molecule has 1 amide bonds. The third-order valence-electron chi connectivity index (χ3n) is 2.39. The summed E-state index contributed by atoms with van der Waals surface area (Å²) in [5.74, 6) is 0.0662. The van der Waals surface area contributed by atoms with Crippen LogP contribution in [0.1, 0.15) is 6.92 Å². The Morgan fingerprint density at radius 1 is 1.56 bits per heavy atom. The smallest absolute Gasteiger partial charge is 0.240 e. The van der Waals surface area contributed by atoms with Gasteiger partial charge in [0.25, 0.3) is 0 Å². The van der Waals surface area contributed by atoms with Crippen LogP contribution in [0.4, 0.5) is 5.69 Å². The molecule has 1 atom stereocenters. The normalized spacial score (nSPS) is 19.4. The molecule has 1 heterocycles. The van der Waals surface area contributed by atoms with Crippen molar-refractivity contribution in [3.63, 3.8) is 0 Å². The number of hydrogen-bond donors (Lipinski definition) is 1. The predicted octanol–water partition coefficient (Wildman–Crippen LogP) is 1.80. The molecule has 1 aliphatic heterocycles. The molecule has 0 aliphatic carbocycles. The molecular weight excluding hydrogens is 240 g/mol. The number of anilines is 1. The average molecular weight is 252 g/mol. The second-order valence-electron chi connectivity index (χ2n) is 3.62. The first-order valence-corrected chi connectivity index (χ1v) is 6.24. The van der Waals surface area contributed by atoms with Crippen molar-refractivity contribution < 1.29 is 4.79 Å². The van der Waals surface area contributed by atoms with Gasteiger partial charge in [-0.2, -0.15) is 0 Å². The van der Waals surface area contributed by atoms with E-state index in [-0.39, 0.29) is 11.2 Å². The first kappa shape index (κ1) is 11.4. The van der Waals surface area contributed by atoms with Crippen LogP contribution >= 0.6 is 24.0 Å². The molecular formula is C11H12N2OS2. The van der Waals surface area contributed by atoms with Crippen molar-refractivity contribution >= 4 is 40.6 Å². The molecule has 2 rings (SSSR count). The lowest BCUT2D eigenvalue weighted by molar-refractivity contribution is -0.117. The molecule has 3 nitrogen and oxygen atoms in total. The number of benzene rings is 1. The molecule has 1 unspecified atom stereocenters. The highest BCUT2D eigenvalue weighted by Gasteiger charge is 2.30. The molecule has 0 spiro atoms. The molecule has 16 heavy (non-hydrogen) atoms. The minimum atomic E-state index is -0.0794. The van der Waals surface area contributed by atoms with Gasteiger partial charge in [-0.3, -0.25) is 4.79 Å². The first-order valence-electron chi connectivity index (χ1n) is 4.95. The van der Waals surface area contributed by atoms with Gasteiger partial charge in [0.05, 0.1) is 22.5 Å². The Bertz CT molecular complexity index is 447. The number of rotatable bonds is 2. The van der Waals surface area contributed by atoms with Gasteiger partial charge in [0.2, 0.25) is 5.91 Å². The standard InChI is InChI=1S/C11H12N2OS2/c1-7-11(14)13(6-10(12)15)8-4-2-3-5-9(8)16-7/h2-5,7H,6H2,1H3,(H2,12,15). The summed E-state index contributed by atoms with van der Waals surface area (Å²) >= 11 is 6.45. The third kappa shape index (κ3) is 2.05. The Morgan fingerprint density at radius 2 is 2.25 bits per heavy atom. The SMILES string of the molecule is CC1Sc2ccccc2N(CC(N)=S)C1=O. The van der Waals surface area contributed by atoms with Gasteiger partial charge in [-0.15, -0.1) is 11.8 Å². The van der Waals surface area contributed by atoms with Crippen molar-refractivity contribution in [3.8, 4) is 0 Å². The Morgan fingerprint density at radius 3 is 2.94 bits per heavy atom. The van der Waals surface area contributed by atoms with Crippen LogP contribution in [-0.4, -0.2) is 22.7 Å². The molecule has 1 aliphatic rings. The Labute approximate surface area is 104 Å². The first-order chi connectivity index (χ1) is 7.59. The fourth-order valence-corrected chi connectivity index (χ4v) is 2.87. The van der Waals surface area contributed by atoms with E-state index in [9.17, 15) is 4.79 Å². The number of carbonyl (C=O) groups excluding carboxylic acids is 1. The number of nitrogens with zero attached hydrogens (tertiary/aromatic N) is 1. The topological polar surface area (TPSA) is 46.3 Å². The van der Waals surface area contributed by atoms with Crippen LogP contribution in [0.25, 0.3) is 0 Å². The van der Waals surface area contributed by atoms with Gasteiger partial charge in [-0.25, -0.2) is 0 Å². The molecule has 0 fully saturated rings. The van der Waals surface area contributed by atoms with Crippen molar-refractivity contribution in [1.29, 1.82) is 0 Å². The molecule has 0 radical (unpaired) electrons. The highest BCUT2D eigenvalue weighted by molar-refractivity contribution is 8.01. The van der Waals surface area contributed by atoms with E-state index in [0.29, 0.717) is 11.5 Å². The zero-order valence-corrected chi connectivity index (χ0v) is 10.5. The van der Waals surface area contributed by atoms with E-state index >= 15 is 0 Å². The maximum atomic E-state index is 12.0. The summed E-state index contributed by atoms with van der Waals surface area (Å²) in [5, 5.41) is -0.0794. The number of nitrogens with two attached hydrogens (primary N) is 1. The number of hydrogen-bond acceptors (Lipinski definition) is 3. The summed E-state index contributed by atoms with van der Waals surface area (Å²) in [6, 6.07) is 7.81. The Balaban J connectivity index is 2.41. The fourth-order valence-electron chi connectivity index (χ4n) is 1.68. The summed E-state index contributed by atoms with van der Waals surface area (Å²) in [5.41, 5.74) is 6.42. The summed E-state index contributed by atoms with van der Waals surface area (Å²) in [7, 11) is 0. The molecule has 1 aromatic carbocycles. The molecule has 0 saturated carbocycles. The lowest BCUT2D eigenvalue weighted by Crippen LogP contribution is -2.44. The van der Waals surface area contributed by atoms with Gasteiger partial charge >= 0.3 is 0 Å². The van der Waals surface area contributed by atoms with E-state index in [1.54, 1.807) is 16.7 Å². The summed E-state index contributed by atoms with van der Waals surface area (Å²) in [6.45, 7) is 2.21. The monoisotopic (exact) mass is 252 g/mol. The number of para-hydroxylation sites is 1. The maximum Gasteiger partial charge on any atom is 0.240 e. The van der Waals surface area contributed by atoms with Crippen molar-refractivity contribution in [2.45, 2.75) is 17.1 Å². The van der Waals surface area contributed by atoms with Gasteiger partial charge < -0.3 is 10.6 Å². The molecule has 84 valence electrons. The highest BCUT2D eigenvalue weighted by Crippen LogP contribution is 2.38. The summed E-state index contributed by atoms with van der Waals surface area (Å²) < 4.78 is 0. The third-order valence-corrected chi connectivity index (χ3v) is 3.67. The highest BCUT2D eigenvalue weighted by atomic mass is 32.2. The van der Waals surface area contributed by atoms with E-state index in [1.165, 1.54) is 0 Å². The van der Waals surface area contributed by atoms with E-state index in [1.807, 2.05) is 31.2 Å². The van der Waals surface area contributed by atoms with Crippen molar-refractivity contribution in [3.05, 3.63) is 24.3 Å². The number of fused-ring (bicyclic) bond motifs is 1. The molecule has 5 heteroatoms. The second kappa shape index (κ2) is 4.43. The van der Waals surface area contributed by atoms with Crippen molar-refractivity contribution in [2.75, 3.05) is 11.4 Å². The minimum Gasteiger partial charge on any atom is -0.392 e. The zero-order chi connectivity index (χ0) is 11.7. The van der Waals surface area contributed by atoms with Crippen LogP contribution in [-0.2, 0) is 4.79 Å². The molecule has 2 N–H and O–H groups in total. The summed E-state index contributed by atoms with van der Waals surface area (Å²) in [6.07, 6.45) is 0. The number of thiocarbonyl (C=S) groups is 1. The fraction of sp³-hybridized carbons (Fsp3) is 0.273. The van der Waals surface area contributed by atoms with Crippen LogP contribution in [0.5, 0.6) is 0 Å². The number of carbonyl (C=O) groups is 1. The zero-order valence-electron chi connectivity index (χ0n) is 8.84. The lowest BCUT2D eigenvalue weighted by atomic mass is 10.2. The number of amides is 1. The maximum absolute atomic E-state index is 12.0. The van der Waals surface area contributed by atoms with E-state index in [0.717, 1.165) is 10.6 Å². The predicted molar refractivity (Wildman–Crippen MR) is 70.9 cm³/mol. The van der Waals surface area contributed by atoms with Crippen LogP contribution in [0.2, 0.25) is 0 Å². The van der Waals surface area contributed by atoms with Crippen LogP contribution < -0.4 is 10.6 Å². The lowest BCUT2D eigenvalue weighted by Gasteiger charge is -2.31. The van der Waals surface area contributed by atoms with Crippen LogP contribution in [0, 0.1) is 0 Å². The Kier molecular flexibility index (Phi) is 3.16. The van der Waals surface area contributed by atoms with Gasteiger partial charge in [0.1, 0.15) is 0 Å². The average Bonchev–Trinajstić information content (AvgIpc) is 2.24. The molecule has 0 bridgehead atoms. The van der Waals surface area contributed by atoms with Gasteiger partial charge in [-0.05, 0) is 19.1 Å². The van der Waals surface area contributed by atoms with Crippen LogP contribution in [0.3, 0.4) is 0 Å². The Hall–Kier alpha value is -1.07. The largest absolute Gasteiger partial charge is 0.392 e. The van der Waals surface area contributed by atoms with Crippen LogP contribution in [0.15, 0.2) is 29.2 Å².